The number of aromatic amines is 1. The number of ketones is 1. The summed E-state index contributed by atoms with van der Waals surface area (Å²) >= 11 is 0. The van der Waals surface area contributed by atoms with Crippen molar-refractivity contribution in [1.82, 2.24) is 20.5 Å². The summed E-state index contributed by atoms with van der Waals surface area (Å²) in [7, 11) is 0. The van der Waals surface area contributed by atoms with E-state index in [4.69, 9.17) is 0 Å². The number of amides is 1. The van der Waals surface area contributed by atoms with Crippen molar-refractivity contribution in [2.24, 2.45) is 0 Å². The Kier molecular flexibility index (Phi) is 5.74. The van der Waals surface area contributed by atoms with Crippen molar-refractivity contribution in [3.05, 3.63) is 22.5 Å². The van der Waals surface area contributed by atoms with Crippen LogP contribution in [0.5, 0.6) is 0 Å². The third-order valence-electron chi connectivity index (χ3n) is 4.16. The first-order valence-corrected chi connectivity index (χ1v) is 7.92. The summed E-state index contributed by atoms with van der Waals surface area (Å²) in [5.41, 5.74) is 2.64. The number of rotatable bonds is 6. The van der Waals surface area contributed by atoms with E-state index < -0.39 is 0 Å². The Labute approximate surface area is 131 Å². The smallest absolute Gasteiger partial charge is 0.268 e. The molecule has 1 fully saturated rings. The van der Waals surface area contributed by atoms with E-state index in [1.807, 2.05) is 13.8 Å². The van der Waals surface area contributed by atoms with Gasteiger partial charge >= 0.3 is 0 Å². The predicted molar refractivity (Wildman–Crippen MR) is 86.5 cm³/mol. The van der Waals surface area contributed by atoms with Gasteiger partial charge in [0.2, 0.25) is 0 Å². The topological polar surface area (TPSA) is 77.2 Å². The number of nitrogens with zero attached hydrogens (tertiary/aromatic N) is 1. The number of Topliss-reactive ketones (excluding diaryl/α,β-unsaturated/α-hetero) is 1. The lowest BCUT2D eigenvalue weighted by atomic mass is 10.1. The summed E-state index contributed by atoms with van der Waals surface area (Å²) in [6, 6.07) is 0. The van der Waals surface area contributed by atoms with Crippen molar-refractivity contribution in [2.45, 2.75) is 27.2 Å². The number of piperazine rings is 1. The van der Waals surface area contributed by atoms with Crippen LogP contribution in [0.1, 0.15) is 45.4 Å². The number of H-pyrrole nitrogens is 1. The Balaban J connectivity index is 1.82. The number of aryl methyl sites for hydroxylation is 1. The largest absolute Gasteiger partial charge is 0.354 e. The first-order chi connectivity index (χ1) is 10.5. The molecule has 1 aliphatic heterocycles. The summed E-state index contributed by atoms with van der Waals surface area (Å²) < 4.78 is 0. The van der Waals surface area contributed by atoms with Gasteiger partial charge in [-0.15, -0.1) is 0 Å². The highest BCUT2D eigenvalue weighted by Gasteiger charge is 2.19. The molecule has 0 radical (unpaired) electrons. The highest BCUT2D eigenvalue weighted by Crippen LogP contribution is 2.18. The van der Waals surface area contributed by atoms with Crippen LogP contribution in [-0.2, 0) is 0 Å². The molecular formula is C16H26N4O2. The Morgan fingerprint density at radius 3 is 2.50 bits per heavy atom. The van der Waals surface area contributed by atoms with Crippen LogP contribution in [0, 0.1) is 13.8 Å². The van der Waals surface area contributed by atoms with Gasteiger partial charge in [-0.05, 0) is 39.3 Å². The molecule has 2 heterocycles. The normalized spacial score (nSPS) is 15.8. The molecule has 0 saturated carbocycles. The van der Waals surface area contributed by atoms with E-state index in [2.05, 4.69) is 20.5 Å². The van der Waals surface area contributed by atoms with Crippen LogP contribution in [0.3, 0.4) is 0 Å². The molecule has 1 aliphatic rings. The third-order valence-corrected chi connectivity index (χ3v) is 4.16. The molecule has 1 saturated heterocycles. The molecule has 0 aliphatic carbocycles. The molecule has 122 valence electrons. The van der Waals surface area contributed by atoms with Gasteiger partial charge in [0.15, 0.2) is 5.78 Å². The minimum Gasteiger partial charge on any atom is -0.354 e. The maximum Gasteiger partial charge on any atom is 0.268 e. The number of hydrogen-bond donors (Lipinski definition) is 3. The van der Waals surface area contributed by atoms with Crippen molar-refractivity contribution >= 4 is 11.7 Å². The first-order valence-electron chi connectivity index (χ1n) is 7.92. The van der Waals surface area contributed by atoms with Crippen LogP contribution in [-0.4, -0.2) is 60.8 Å². The second-order valence-electron chi connectivity index (χ2n) is 5.88. The van der Waals surface area contributed by atoms with E-state index in [0.29, 0.717) is 17.8 Å². The Morgan fingerprint density at radius 1 is 1.23 bits per heavy atom. The molecule has 1 aromatic heterocycles. The SMILES string of the molecule is CC(=O)c1c(C)[nH]c(C(=O)NCCCN2CCNCC2)c1C. The lowest BCUT2D eigenvalue weighted by Gasteiger charge is -2.27. The molecule has 0 spiro atoms. The van der Waals surface area contributed by atoms with Crippen LogP contribution in [0.4, 0.5) is 0 Å². The average molecular weight is 306 g/mol. The zero-order chi connectivity index (χ0) is 16.1. The summed E-state index contributed by atoms with van der Waals surface area (Å²) in [6.45, 7) is 11.1. The lowest BCUT2D eigenvalue weighted by Crippen LogP contribution is -2.44. The second-order valence-corrected chi connectivity index (χ2v) is 5.88. The Morgan fingerprint density at radius 2 is 1.91 bits per heavy atom. The van der Waals surface area contributed by atoms with Gasteiger partial charge in [-0.2, -0.15) is 0 Å². The summed E-state index contributed by atoms with van der Waals surface area (Å²) in [5.74, 6) is -0.141. The van der Waals surface area contributed by atoms with Gasteiger partial charge in [-0.25, -0.2) is 0 Å². The first kappa shape index (κ1) is 16.7. The Hall–Kier alpha value is -1.66. The van der Waals surface area contributed by atoms with Gasteiger partial charge in [0, 0.05) is 44.0 Å². The van der Waals surface area contributed by atoms with Gasteiger partial charge < -0.3 is 20.5 Å². The van der Waals surface area contributed by atoms with Crippen LogP contribution >= 0.6 is 0 Å². The molecule has 6 heteroatoms. The number of nitrogens with one attached hydrogen (secondary N) is 3. The maximum absolute atomic E-state index is 12.2. The van der Waals surface area contributed by atoms with E-state index in [0.717, 1.165) is 50.4 Å². The molecule has 0 atom stereocenters. The highest BCUT2D eigenvalue weighted by atomic mass is 16.2. The zero-order valence-electron chi connectivity index (χ0n) is 13.7. The minimum absolute atomic E-state index is 0.0102. The van der Waals surface area contributed by atoms with Crippen LogP contribution in [0.15, 0.2) is 0 Å². The molecule has 0 bridgehead atoms. The van der Waals surface area contributed by atoms with Gasteiger partial charge in [-0.1, -0.05) is 0 Å². The summed E-state index contributed by atoms with van der Waals surface area (Å²) in [4.78, 5) is 29.3. The Bertz CT molecular complexity index is 545. The van der Waals surface area contributed by atoms with E-state index >= 15 is 0 Å². The zero-order valence-corrected chi connectivity index (χ0v) is 13.7. The molecule has 1 amide bonds. The van der Waals surface area contributed by atoms with Gasteiger partial charge in [0.25, 0.3) is 5.91 Å². The second kappa shape index (κ2) is 7.56. The summed E-state index contributed by atoms with van der Waals surface area (Å²) in [6.07, 6.45) is 0.935. The molecule has 2 rings (SSSR count). The lowest BCUT2D eigenvalue weighted by molar-refractivity contribution is 0.0946. The number of hydrogen-bond acceptors (Lipinski definition) is 4. The molecule has 0 unspecified atom stereocenters. The fourth-order valence-corrected chi connectivity index (χ4v) is 3.03. The monoisotopic (exact) mass is 306 g/mol. The van der Waals surface area contributed by atoms with Gasteiger partial charge in [0.05, 0.1) is 0 Å². The number of aromatic nitrogens is 1. The van der Waals surface area contributed by atoms with Crippen molar-refractivity contribution in [3.63, 3.8) is 0 Å². The van der Waals surface area contributed by atoms with Crippen molar-refractivity contribution < 1.29 is 9.59 Å². The van der Waals surface area contributed by atoms with Crippen molar-refractivity contribution in [3.8, 4) is 0 Å². The minimum atomic E-state index is -0.131. The van der Waals surface area contributed by atoms with E-state index in [1.54, 1.807) is 0 Å². The molecule has 3 N–H and O–H groups in total. The van der Waals surface area contributed by atoms with Crippen LogP contribution < -0.4 is 10.6 Å². The number of carbonyl (C=O) groups excluding carboxylic acids is 2. The van der Waals surface area contributed by atoms with Crippen molar-refractivity contribution in [1.29, 1.82) is 0 Å². The predicted octanol–water partition coefficient (Wildman–Crippen LogP) is 0.859. The third kappa shape index (κ3) is 3.96. The molecule has 22 heavy (non-hydrogen) atoms. The molecular weight excluding hydrogens is 280 g/mol. The van der Waals surface area contributed by atoms with E-state index in [1.165, 1.54) is 6.92 Å². The maximum atomic E-state index is 12.2. The fourth-order valence-electron chi connectivity index (χ4n) is 3.03. The van der Waals surface area contributed by atoms with E-state index in [9.17, 15) is 9.59 Å². The quantitative estimate of drug-likeness (QED) is 0.538. The molecule has 0 aromatic carbocycles. The van der Waals surface area contributed by atoms with E-state index in [-0.39, 0.29) is 11.7 Å². The molecule has 1 aromatic rings. The fraction of sp³-hybridized carbons (Fsp3) is 0.625. The summed E-state index contributed by atoms with van der Waals surface area (Å²) in [5, 5.41) is 6.26. The van der Waals surface area contributed by atoms with Gasteiger partial charge in [-0.3, -0.25) is 9.59 Å². The standard InChI is InChI=1S/C16H26N4O2/c1-11-14(13(3)21)12(2)19-15(11)16(22)18-5-4-8-20-9-6-17-7-10-20/h17,19H,4-10H2,1-3H3,(H,18,22). The van der Waals surface area contributed by atoms with Crippen LogP contribution in [0.2, 0.25) is 0 Å². The van der Waals surface area contributed by atoms with Crippen molar-refractivity contribution in [2.75, 3.05) is 39.3 Å². The van der Waals surface area contributed by atoms with Gasteiger partial charge in [0.1, 0.15) is 5.69 Å². The molecule has 6 nitrogen and oxygen atoms in total. The average Bonchev–Trinajstić information content (AvgIpc) is 2.79. The van der Waals surface area contributed by atoms with Crippen LogP contribution in [0.25, 0.3) is 0 Å². The highest BCUT2D eigenvalue weighted by molar-refractivity contribution is 6.02. The number of carbonyl (C=O) groups is 2.